The van der Waals surface area contributed by atoms with Gasteiger partial charge in [-0.3, -0.25) is 4.79 Å². The molecule has 0 N–H and O–H groups in total. The van der Waals surface area contributed by atoms with Crippen LogP contribution in [0.5, 0.6) is 5.75 Å². The number of ether oxygens (including phenoxy) is 1. The lowest BCUT2D eigenvalue weighted by molar-refractivity contribution is -0.139. The van der Waals surface area contributed by atoms with Gasteiger partial charge < -0.3 is 19.4 Å². The number of hydrogen-bond donors (Lipinski definition) is 0. The second kappa shape index (κ2) is 8.23. The van der Waals surface area contributed by atoms with Gasteiger partial charge in [-0.15, -0.1) is 0 Å². The molecule has 1 fully saturated rings. The molecular formula is C19H29N3O3. The zero-order valence-electron chi connectivity index (χ0n) is 15.9. The van der Waals surface area contributed by atoms with Crippen LogP contribution in [0.4, 0.5) is 4.79 Å². The van der Waals surface area contributed by atoms with Crippen LogP contribution in [0.3, 0.4) is 0 Å². The van der Waals surface area contributed by atoms with E-state index < -0.39 is 6.10 Å². The first-order valence-electron chi connectivity index (χ1n) is 8.81. The fourth-order valence-electron chi connectivity index (χ4n) is 2.84. The van der Waals surface area contributed by atoms with Gasteiger partial charge in [-0.1, -0.05) is 26.0 Å². The van der Waals surface area contributed by atoms with Crippen LogP contribution in [0.2, 0.25) is 0 Å². The van der Waals surface area contributed by atoms with E-state index in [1.54, 1.807) is 35.7 Å². The summed E-state index contributed by atoms with van der Waals surface area (Å²) >= 11 is 0. The molecule has 1 aromatic carbocycles. The zero-order chi connectivity index (χ0) is 18.6. The van der Waals surface area contributed by atoms with E-state index in [4.69, 9.17) is 4.74 Å². The normalized spacial score (nSPS) is 15.9. The average molecular weight is 347 g/mol. The number of carbonyl (C=O) groups excluding carboxylic acids is 2. The largest absolute Gasteiger partial charge is 0.481 e. The van der Waals surface area contributed by atoms with Crippen molar-refractivity contribution in [1.82, 2.24) is 14.7 Å². The second-order valence-electron chi connectivity index (χ2n) is 6.97. The number of hydrogen-bond acceptors (Lipinski definition) is 3. The molecule has 1 aromatic rings. The molecule has 0 bridgehead atoms. The number of urea groups is 1. The van der Waals surface area contributed by atoms with Crippen molar-refractivity contribution in [1.29, 1.82) is 0 Å². The van der Waals surface area contributed by atoms with Crippen LogP contribution < -0.4 is 4.74 Å². The molecule has 1 atom stereocenters. The van der Waals surface area contributed by atoms with Crippen LogP contribution in [0.25, 0.3) is 0 Å². The maximum absolute atomic E-state index is 12.6. The van der Waals surface area contributed by atoms with Gasteiger partial charge in [0.15, 0.2) is 6.10 Å². The Balaban J connectivity index is 1.87. The SMILES string of the molecule is CC(Oc1ccc(C(C)C)cc1)C(=O)N1CCN(C(=O)N(C)C)CC1. The Bertz CT molecular complexity index is 590. The van der Waals surface area contributed by atoms with Gasteiger partial charge in [-0.2, -0.15) is 0 Å². The van der Waals surface area contributed by atoms with Crippen molar-refractivity contribution in [2.75, 3.05) is 40.3 Å². The van der Waals surface area contributed by atoms with Crippen LogP contribution in [-0.2, 0) is 4.79 Å². The third-order valence-electron chi connectivity index (χ3n) is 4.45. The van der Waals surface area contributed by atoms with Crippen LogP contribution in [0.1, 0.15) is 32.3 Å². The lowest BCUT2D eigenvalue weighted by atomic mass is 10.0. The van der Waals surface area contributed by atoms with E-state index in [1.807, 2.05) is 24.3 Å². The van der Waals surface area contributed by atoms with Crippen LogP contribution in [0, 0.1) is 0 Å². The molecule has 2 rings (SSSR count). The number of piperazine rings is 1. The van der Waals surface area contributed by atoms with Gasteiger partial charge in [0, 0.05) is 40.3 Å². The first-order chi connectivity index (χ1) is 11.8. The third-order valence-corrected chi connectivity index (χ3v) is 4.45. The van der Waals surface area contributed by atoms with Crippen molar-refractivity contribution in [3.63, 3.8) is 0 Å². The molecule has 0 aliphatic carbocycles. The van der Waals surface area contributed by atoms with E-state index >= 15 is 0 Å². The quantitative estimate of drug-likeness (QED) is 0.840. The molecule has 6 heteroatoms. The minimum absolute atomic E-state index is 0.0124. The molecule has 25 heavy (non-hydrogen) atoms. The maximum Gasteiger partial charge on any atom is 0.319 e. The summed E-state index contributed by atoms with van der Waals surface area (Å²) in [5, 5.41) is 0. The third kappa shape index (κ3) is 4.87. The highest BCUT2D eigenvalue weighted by Crippen LogP contribution is 2.20. The van der Waals surface area contributed by atoms with Gasteiger partial charge in [-0.05, 0) is 30.5 Å². The van der Waals surface area contributed by atoms with Gasteiger partial charge in [0.25, 0.3) is 5.91 Å². The number of carbonyl (C=O) groups is 2. The molecule has 1 aliphatic rings. The Kier molecular flexibility index (Phi) is 6.28. The Labute approximate surface area is 150 Å². The number of nitrogens with zero attached hydrogens (tertiary/aromatic N) is 3. The summed E-state index contributed by atoms with van der Waals surface area (Å²) in [4.78, 5) is 29.6. The highest BCUT2D eigenvalue weighted by Gasteiger charge is 2.28. The van der Waals surface area contributed by atoms with E-state index in [0.29, 0.717) is 37.8 Å². The summed E-state index contributed by atoms with van der Waals surface area (Å²) in [5.74, 6) is 1.13. The summed E-state index contributed by atoms with van der Waals surface area (Å²) in [6.07, 6.45) is -0.541. The zero-order valence-corrected chi connectivity index (χ0v) is 15.9. The van der Waals surface area contributed by atoms with Gasteiger partial charge in [0.2, 0.25) is 0 Å². The smallest absolute Gasteiger partial charge is 0.319 e. The molecule has 1 heterocycles. The summed E-state index contributed by atoms with van der Waals surface area (Å²) in [7, 11) is 3.47. The molecule has 138 valence electrons. The molecule has 1 saturated heterocycles. The minimum atomic E-state index is -0.541. The summed E-state index contributed by atoms with van der Waals surface area (Å²) in [6.45, 7) is 8.25. The number of benzene rings is 1. The van der Waals surface area contributed by atoms with E-state index in [9.17, 15) is 9.59 Å². The molecule has 3 amide bonds. The van der Waals surface area contributed by atoms with Gasteiger partial charge in [0.05, 0.1) is 0 Å². The van der Waals surface area contributed by atoms with Crippen molar-refractivity contribution in [3.05, 3.63) is 29.8 Å². The first-order valence-corrected chi connectivity index (χ1v) is 8.81. The monoisotopic (exact) mass is 347 g/mol. The van der Waals surface area contributed by atoms with Crippen molar-refractivity contribution < 1.29 is 14.3 Å². The molecule has 1 aliphatic heterocycles. The lowest BCUT2D eigenvalue weighted by Gasteiger charge is -2.36. The first kappa shape index (κ1) is 19.1. The Morgan fingerprint density at radius 2 is 1.48 bits per heavy atom. The molecule has 0 saturated carbocycles. The molecule has 0 radical (unpaired) electrons. The van der Waals surface area contributed by atoms with Crippen LogP contribution in [-0.4, -0.2) is 73.0 Å². The fourth-order valence-corrected chi connectivity index (χ4v) is 2.84. The molecule has 6 nitrogen and oxygen atoms in total. The minimum Gasteiger partial charge on any atom is -0.481 e. The van der Waals surface area contributed by atoms with Crippen molar-refractivity contribution >= 4 is 11.9 Å². The van der Waals surface area contributed by atoms with Crippen molar-refractivity contribution in [2.45, 2.75) is 32.8 Å². The van der Waals surface area contributed by atoms with Crippen molar-refractivity contribution in [2.24, 2.45) is 0 Å². The van der Waals surface area contributed by atoms with Gasteiger partial charge >= 0.3 is 6.03 Å². The van der Waals surface area contributed by atoms with E-state index in [-0.39, 0.29) is 11.9 Å². The van der Waals surface area contributed by atoms with E-state index in [0.717, 1.165) is 0 Å². The Hall–Kier alpha value is -2.24. The lowest BCUT2D eigenvalue weighted by Crippen LogP contribution is -2.54. The van der Waals surface area contributed by atoms with Gasteiger partial charge in [-0.25, -0.2) is 4.79 Å². The van der Waals surface area contributed by atoms with Crippen molar-refractivity contribution in [3.8, 4) is 5.75 Å². The number of rotatable bonds is 4. The van der Waals surface area contributed by atoms with Crippen LogP contribution in [0.15, 0.2) is 24.3 Å². The maximum atomic E-state index is 12.6. The number of amides is 3. The summed E-state index contributed by atoms with van der Waals surface area (Å²) in [6, 6.07) is 7.87. The Morgan fingerprint density at radius 3 is 1.96 bits per heavy atom. The molecule has 0 spiro atoms. The van der Waals surface area contributed by atoms with E-state index in [1.165, 1.54) is 5.56 Å². The molecule has 1 unspecified atom stereocenters. The highest BCUT2D eigenvalue weighted by atomic mass is 16.5. The second-order valence-corrected chi connectivity index (χ2v) is 6.97. The average Bonchev–Trinajstić information content (AvgIpc) is 2.60. The molecule has 0 aromatic heterocycles. The highest BCUT2D eigenvalue weighted by molar-refractivity contribution is 5.81. The topological polar surface area (TPSA) is 53.1 Å². The van der Waals surface area contributed by atoms with Crippen LogP contribution >= 0.6 is 0 Å². The fraction of sp³-hybridized carbons (Fsp3) is 0.579. The summed E-state index contributed by atoms with van der Waals surface area (Å²) in [5.41, 5.74) is 1.24. The Morgan fingerprint density at radius 1 is 0.960 bits per heavy atom. The van der Waals surface area contributed by atoms with E-state index in [2.05, 4.69) is 13.8 Å². The molecular weight excluding hydrogens is 318 g/mol. The van der Waals surface area contributed by atoms with Gasteiger partial charge in [0.1, 0.15) is 5.75 Å². The summed E-state index contributed by atoms with van der Waals surface area (Å²) < 4.78 is 5.80. The predicted octanol–water partition coefficient (Wildman–Crippen LogP) is 2.40. The predicted molar refractivity (Wildman–Crippen MR) is 97.9 cm³/mol. The standard InChI is InChI=1S/C19H29N3O3/c1-14(2)16-6-8-17(9-7-16)25-15(3)18(23)21-10-12-22(13-11-21)19(24)20(4)5/h6-9,14-15H,10-13H2,1-5H3.